The second-order valence-corrected chi connectivity index (χ2v) is 7.15. The largest absolute Gasteiger partial charge is 0.490 e. The summed E-state index contributed by atoms with van der Waals surface area (Å²) >= 11 is 0. The molecule has 0 atom stereocenters. The summed E-state index contributed by atoms with van der Waals surface area (Å²) in [6.45, 7) is 0. The summed E-state index contributed by atoms with van der Waals surface area (Å²) in [6.07, 6.45) is 4.94. The van der Waals surface area contributed by atoms with Crippen LogP contribution >= 0.6 is 0 Å². The molecule has 0 bridgehead atoms. The monoisotopic (exact) mass is 317 g/mol. The Bertz CT molecular complexity index is 705. The molecule has 2 aromatic rings. The second kappa shape index (κ2) is 6.40. The van der Waals surface area contributed by atoms with E-state index in [-0.39, 0.29) is 4.90 Å². The van der Waals surface area contributed by atoms with Gasteiger partial charge >= 0.3 is 0 Å². The van der Waals surface area contributed by atoms with E-state index < -0.39 is 10.0 Å². The molecule has 4 nitrogen and oxygen atoms in total. The molecule has 0 saturated heterocycles. The Labute approximate surface area is 131 Å². The SMILES string of the molecule is O=S(=O)(Nc1ccc(OC2CCCC2)cc1)c1ccccc1. The molecule has 116 valence electrons. The second-order valence-electron chi connectivity index (χ2n) is 5.47. The van der Waals surface area contributed by atoms with Crippen LogP contribution in [-0.4, -0.2) is 14.5 Å². The topological polar surface area (TPSA) is 55.4 Å². The number of benzene rings is 2. The van der Waals surface area contributed by atoms with Gasteiger partial charge in [-0.15, -0.1) is 0 Å². The molecular formula is C17H19NO3S. The number of hydrogen-bond acceptors (Lipinski definition) is 3. The highest BCUT2D eigenvalue weighted by molar-refractivity contribution is 7.92. The first-order valence-electron chi connectivity index (χ1n) is 7.48. The van der Waals surface area contributed by atoms with Crippen molar-refractivity contribution in [2.45, 2.75) is 36.7 Å². The maximum Gasteiger partial charge on any atom is 0.261 e. The van der Waals surface area contributed by atoms with E-state index in [0.29, 0.717) is 11.8 Å². The highest BCUT2D eigenvalue weighted by Gasteiger charge is 2.17. The van der Waals surface area contributed by atoms with E-state index in [0.717, 1.165) is 18.6 Å². The van der Waals surface area contributed by atoms with Crippen molar-refractivity contribution < 1.29 is 13.2 Å². The molecule has 0 aromatic heterocycles. The molecule has 0 aliphatic heterocycles. The van der Waals surface area contributed by atoms with Crippen LogP contribution in [0.15, 0.2) is 59.5 Å². The molecule has 5 heteroatoms. The van der Waals surface area contributed by atoms with Crippen LogP contribution < -0.4 is 9.46 Å². The quantitative estimate of drug-likeness (QED) is 0.912. The van der Waals surface area contributed by atoms with Gasteiger partial charge in [0.1, 0.15) is 5.75 Å². The van der Waals surface area contributed by atoms with Crippen LogP contribution in [0.1, 0.15) is 25.7 Å². The zero-order valence-corrected chi connectivity index (χ0v) is 13.1. The van der Waals surface area contributed by atoms with E-state index in [9.17, 15) is 8.42 Å². The van der Waals surface area contributed by atoms with Crippen molar-refractivity contribution in [1.82, 2.24) is 0 Å². The summed E-state index contributed by atoms with van der Waals surface area (Å²) in [5.41, 5.74) is 0.530. The van der Waals surface area contributed by atoms with Crippen LogP contribution in [0, 0.1) is 0 Å². The minimum atomic E-state index is -3.54. The molecule has 2 aromatic carbocycles. The van der Waals surface area contributed by atoms with Gasteiger partial charge in [0.05, 0.1) is 11.0 Å². The number of anilines is 1. The molecule has 1 aliphatic rings. The van der Waals surface area contributed by atoms with E-state index in [1.165, 1.54) is 12.8 Å². The summed E-state index contributed by atoms with van der Waals surface area (Å²) in [4.78, 5) is 0.251. The Kier molecular flexibility index (Phi) is 4.34. The maximum atomic E-state index is 12.2. The lowest BCUT2D eigenvalue weighted by atomic mass is 10.3. The fourth-order valence-corrected chi connectivity index (χ4v) is 3.69. The van der Waals surface area contributed by atoms with Crippen LogP contribution in [0.25, 0.3) is 0 Å². The average Bonchev–Trinajstić information content (AvgIpc) is 3.03. The van der Waals surface area contributed by atoms with Crippen molar-refractivity contribution in [3.8, 4) is 5.75 Å². The van der Waals surface area contributed by atoms with Gasteiger partial charge in [0.25, 0.3) is 10.0 Å². The summed E-state index contributed by atoms with van der Waals surface area (Å²) in [7, 11) is -3.54. The molecule has 0 heterocycles. The number of ether oxygens (including phenoxy) is 1. The fourth-order valence-electron chi connectivity index (χ4n) is 2.61. The highest BCUT2D eigenvalue weighted by atomic mass is 32.2. The Morgan fingerprint density at radius 2 is 1.55 bits per heavy atom. The summed E-state index contributed by atoms with van der Waals surface area (Å²) < 4.78 is 32.9. The molecule has 22 heavy (non-hydrogen) atoms. The third-order valence-electron chi connectivity index (χ3n) is 3.76. The van der Waals surface area contributed by atoms with Crippen LogP contribution in [0.5, 0.6) is 5.75 Å². The number of hydrogen-bond donors (Lipinski definition) is 1. The van der Waals surface area contributed by atoms with Crippen molar-refractivity contribution in [3.05, 3.63) is 54.6 Å². The van der Waals surface area contributed by atoms with Gasteiger partial charge in [-0.25, -0.2) is 8.42 Å². The van der Waals surface area contributed by atoms with Gasteiger partial charge in [-0.2, -0.15) is 0 Å². The predicted octanol–water partition coefficient (Wildman–Crippen LogP) is 3.81. The lowest BCUT2D eigenvalue weighted by Crippen LogP contribution is -2.13. The molecule has 0 unspecified atom stereocenters. The van der Waals surface area contributed by atoms with Gasteiger partial charge in [-0.1, -0.05) is 18.2 Å². The van der Waals surface area contributed by atoms with Crippen LogP contribution in [-0.2, 0) is 10.0 Å². The molecule has 0 spiro atoms. The predicted molar refractivity (Wildman–Crippen MR) is 86.6 cm³/mol. The minimum Gasteiger partial charge on any atom is -0.490 e. The molecule has 0 radical (unpaired) electrons. The standard InChI is InChI=1S/C17H19NO3S/c19-22(20,17-8-2-1-3-9-17)18-14-10-12-16(13-11-14)21-15-6-4-5-7-15/h1-3,8-13,15,18H,4-7H2. The Balaban J connectivity index is 1.68. The van der Waals surface area contributed by atoms with E-state index in [1.54, 1.807) is 54.6 Å². The van der Waals surface area contributed by atoms with Gasteiger partial charge in [0, 0.05) is 5.69 Å². The molecule has 1 fully saturated rings. The fraction of sp³-hybridized carbons (Fsp3) is 0.294. The Morgan fingerprint density at radius 3 is 2.18 bits per heavy atom. The lowest BCUT2D eigenvalue weighted by molar-refractivity contribution is 0.210. The average molecular weight is 317 g/mol. The smallest absolute Gasteiger partial charge is 0.261 e. The maximum absolute atomic E-state index is 12.2. The van der Waals surface area contributed by atoms with Crippen LogP contribution in [0.3, 0.4) is 0 Å². The van der Waals surface area contributed by atoms with Gasteiger partial charge in [-0.05, 0) is 62.1 Å². The zero-order valence-electron chi connectivity index (χ0n) is 12.2. The Hall–Kier alpha value is -2.01. The van der Waals surface area contributed by atoms with Crippen molar-refractivity contribution >= 4 is 15.7 Å². The number of rotatable bonds is 5. The van der Waals surface area contributed by atoms with Crippen molar-refractivity contribution in [2.75, 3.05) is 4.72 Å². The van der Waals surface area contributed by atoms with Crippen molar-refractivity contribution in [3.63, 3.8) is 0 Å². The third-order valence-corrected chi connectivity index (χ3v) is 5.16. The van der Waals surface area contributed by atoms with E-state index in [4.69, 9.17) is 4.74 Å². The molecule has 3 rings (SSSR count). The Morgan fingerprint density at radius 1 is 0.909 bits per heavy atom. The van der Waals surface area contributed by atoms with Crippen LogP contribution in [0.2, 0.25) is 0 Å². The molecule has 0 amide bonds. The normalized spacial score (nSPS) is 15.6. The van der Waals surface area contributed by atoms with E-state index in [2.05, 4.69) is 4.72 Å². The van der Waals surface area contributed by atoms with Gasteiger partial charge in [0.2, 0.25) is 0 Å². The van der Waals surface area contributed by atoms with Gasteiger partial charge in [0.15, 0.2) is 0 Å². The summed E-state index contributed by atoms with van der Waals surface area (Å²) in [5, 5.41) is 0. The van der Waals surface area contributed by atoms with Gasteiger partial charge < -0.3 is 4.74 Å². The summed E-state index contributed by atoms with van der Waals surface area (Å²) in [5.74, 6) is 0.787. The third kappa shape index (κ3) is 3.60. The first kappa shape index (κ1) is 14.9. The zero-order chi connectivity index (χ0) is 15.4. The first-order chi connectivity index (χ1) is 10.6. The summed E-state index contributed by atoms with van der Waals surface area (Å²) in [6, 6.07) is 15.4. The molecular weight excluding hydrogens is 298 g/mol. The lowest BCUT2D eigenvalue weighted by Gasteiger charge is -2.13. The first-order valence-corrected chi connectivity index (χ1v) is 8.96. The number of nitrogens with one attached hydrogen (secondary N) is 1. The van der Waals surface area contributed by atoms with Crippen LogP contribution in [0.4, 0.5) is 5.69 Å². The molecule has 1 aliphatic carbocycles. The van der Waals surface area contributed by atoms with Gasteiger partial charge in [-0.3, -0.25) is 4.72 Å². The van der Waals surface area contributed by atoms with E-state index >= 15 is 0 Å². The van der Waals surface area contributed by atoms with Crippen molar-refractivity contribution in [1.29, 1.82) is 0 Å². The van der Waals surface area contributed by atoms with E-state index in [1.807, 2.05) is 0 Å². The highest BCUT2D eigenvalue weighted by Crippen LogP contribution is 2.25. The minimum absolute atomic E-state index is 0.251. The molecule has 1 saturated carbocycles. The van der Waals surface area contributed by atoms with Crippen molar-refractivity contribution in [2.24, 2.45) is 0 Å². The molecule has 1 N–H and O–H groups in total. The number of sulfonamides is 1.